The summed E-state index contributed by atoms with van der Waals surface area (Å²) in [7, 11) is 0. The molecule has 0 bridgehead atoms. The Morgan fingerprint density at radius 1 is 1.19 bits per heavy atom. The van der Waals surface area contributed by atoms with Gasteiger partial charge in [0.1, 0.15) is 0 Å². The number of H-pyrrole nitrogens is 1. The Morgan fingerprint density at radius 2 is 2.04 bits per heavy atom. The second-order valence-corrected chi connectivity index (χ2v) is 5.77. The summed E-state index contributed by atoms with van der Waals surface area (Å²) in [5.41, 5.74) is 2.03. The van der Waals surface area contributed by atoms with Crippen molar-refractivity contribution in [2.75, 3.05) is 5.32 Å². The smallest absolute Gasteiger partial charge is 0.408 e. The minimum atomic E-state index is -0.542. The summed E-state index contributed by atoms with van der Waals surface area (Å²) in [6.45, 7) is 0.331. The van der Waals surface area contributed by atoms with E-state index in [0.717, 1.165) is 0 Å². The topological polar surface area (TPSA) is 110 Å². The minimum absolute atomic E-state index is 0.149. The zero-order valence-corrected chi connectivity index (χ0v) is 13.6. The number of para-hydroxylation sites is 1. The number of aromatic amines is 1. The van der Waals surface area contributed by atoms with Gasteiger partial charge in [0.15, 0.2) is 5.58 Å². The highest BCUT2D eigenvalue weighted by atomic mass is 16.4. The molecule has 130 valence electrons. The van der Waals surface area contributed by atoms with Crippen LogP contribution in [0.1, 0.15) is 6.42 Å². The molecule has 8 nitrogen and oxygen atoms in total. The summed E-state index contributed by atoms with van der Waals surface area (Å²) < 4.78 is 6.55. The lowest BCUT2D eigenvalue weighted by atomic mass is 10.2. The van der Waals surface area contributed by atoms with Crippen molar-refractivity contribution in [1.82, 2.24) is 14.8 Å². The van der Waals surface area contributed by atoms with Crippen LogP contribution in [0.15, 0.2) is 62.7 Å². The molecule has 1 amide bonds. The van der Waals surface area contributed by atoms with Crippen LogP contribution >= 0.6 is 0 Å². The van der Waals surface area contributed by atoms with Gasteiger partial charge in [-0.2, -0.15) is 5.10 Å². The van der Waals surface area contributed by atoms with Crippen molar-refractivity contribution in [2.45, 2.75) is 13.0 Å². The number of aromatic nitrogens is 3. The zero-order valence-electron chi connectivity index (χ0n) is 13.6. The first-order valence-electron chi connectivity index (χ1n) is 7.98. The van der Waals surface area contributed by atoms with Crippen molar-refractivity contribution in [2.24, 2.45) is 0 Å². The molecule has 0 unspecified atom stereocenters. The highest BCUT2D eigenvalue weighted by molar-refractivity contribution is 5.92. The second-order valence-electron chi connectivity index (χ2n) is 5.77. The quantitative estimate of drug-likeness (QED) is 0.584. The first-order chi connectivity index (χ1) is 12.6. The lowest BCUT2D eigenvalue weighted by Crippen LogP contribution is -2.18. The first-order valence-corrected chi connectivity index (χ1v) is 7.98. The van der Waals surface area contributed by atoms with Crippen LogP contribution in [0, 0.1) is 0 Å². The highest BCUT2D eigenvalue weighted by Gasteiger charge is 2.08. The van der Waals surface area contributed by atoms with Crippen LogP contribution < -0.4 is 16.5 Å². The molecule has 2 heterocycles. The Morgan fingerprint density at radius 3 is 2.92 bits per heavy atom. The van der Waals surface area contributed by atoms with E-state index in [4.69, 9.17) is 4.42 Å². The molecule has 0 atom stereocenters. The van der Waals surface area contributed by atoms with Gasteiger partial charge in [-0.3, -0.25) is 19.3 Å². The molecule has 0 aliphatic heterocycles. The van der Waals surface area contributed by atoms with Gasteiger partial charge in [-0.1, -0.05) is 12.1 Å². The average molecular weight is 350 g/mol. The number of benzene rings is 2. The van der Waals surface area contributed by atoms with E-state index in [1.54, 1.807) is 41.1 Å². The number of hydrogen-bond acceptors (Lipinski definition) is 5. The number of carbonyl (C=O) groups is 1. The van der Waals surface area contributed by atoms with Crippen molar-refractivity contribution in [3.8, 4) is 0 Å². The molecule has 0 saturated heterocycles. The Kier molecular flexibility index (Phi) is 3.85. The van der Waals surface area contributed by atoms with Crippen LogP contribution in [0.5, 0.6) is 0 Å². The Bertz CT molecular complexity index is 1240. The molecule has 2 N–H and O–H groups in total. The number of nitrogens with zero attached hydrogens (tertiary/aromatic N) is 2. The van der Waals surface area contributed by atoms with Crippen LogP contribution in [0.4, 0.5) is 5.69 Å². The molecule has 26 heavy (non-hydrogen) atoms. The van der Waals surface area contributed by atoms with Gasteiger partial charge >= 0.3 is 5.76 Å². The van der Waals surface area contributed by atoms with Crippen molar-refractivity contribution in [3.63, 3.8) is 0 Å². The molecular formula is C18H14N4O4. The van der Waals surface area contributed by atoms with E-state index in [1.165, 1.54) is 6.20 Å². The molecule has 0 spiro atoms. The molecular weight excluding hydrogens is 336 g/mol. The largest absolute Gasteiger partial charge is 0.417 e. The third kappa shape index (κ3) is 3.00. The second kappa shape index (κ2) is 6.32. The minimum Gasteiger partial charge on any atom is -0.408 e. The maximum absolute atomic E-state index is 12.2. The van der Waals surface area contributed by atoms with E-state index < -0.39 is 5.76 Å². The number of rotatable bonds is 4. The highest BCUT2D eigenvalue weighted by Crippen LogP contribution is 2.16. The van der Waals surface area contributed by atoms with Crippen LogP contribution in [-0.4, -0.2) is 20.7 Å². The predicted octanol–water partition coefficient (Wildman–Crippen LogP) is 1.86. The van der Waals surface area contributed by atoms with Gasteiger partial charge in [-0.15, -0.1) is 0 Å². The molecule has 4 aromatic rings. The number of amides is 1. The van der Waals surface area contributed by atoms with E-state index in [0.29, 0.717) is 34.2 Å². The number of fused-ring (bicyclic) bond motifs is 2. The van der Waals surface area contributed by atoms with Crippen molar-refractivity contribution >= 4 is 33.6 Å². The molecule has 0 fully saturated rings. The summed E-state index contributed by atoms with van der Waals surface area (Å²) in [4.78, 5) is 37.8. The third-order valence-corrected chi connectivity index (χ3v) is 4.02. The van der Waals surface area contributed by atoms with Crippen LogP contribution in [0.25, 0.3) is 22.0 Å². The lowest BCUT2D eigenvalue weighted by Gasteiger charge is -2.09. The number of hydrogen-bond donors (Lipinski definition) is 2. The fourth-order valence-corrected chi connectivity index (χ4v) is 2.80. The van der Waals surface area contributed by atoms with Gasteiger partial charge in [0.25, 0.3) is 0 Å². The fraction of sp³-hybridized carbons (Fsp3) is 0.111. The molecule has 8 heteroatoms. The van der Waals surface area contributed by atoms with E-state index in [1.807, 2.05) is 6.07 Å². The summed E-state index contributed by atoms with van der Waals surface area (Å²) in [6.07, 6.45) is 1.43. The van der Waals surface area contributed by atoms with Crippen molar-refractivity contribution in [1.29, 1.82) is 0 Å². The average Bonchev–Trinajstić information content (AvgIpc) is 3.01. The molecule has 2 aromatic carbocycles. The molecule has 0 radical (unpaired) electrons. The van der Waals surface area contributed by atoms with E-state index >= 15 is 0 Å². The number of carbonyl (C=O) groups excluding carboxylic acids is 1. The molecule has 0 saturated carbocycles. The van der Waals surface area contributed by atoms with Crippen LogP contribution in [0.3, 0.4) is 0 Å². The SMILES string of the molecule is O=C(CCn1ncc(=O)c2ccccc21)Nc1ccc2oc(=O)[nH]c2c1. The van der Waals surface area contributed by atoms with Gasteiger partial charge in [0.2, 0.25) is 11.3 Å². The van der Waals surface area contributed by atoms with Gasteiger partial charge in [0, 0.05) is 17.5 Å². The number of oxazole rings is 1. The van der Waals surface area contributed by atoms with Gasteiger partial charge < -0.3 is 9.73 Å². The molecule has 0 aliphatic carbocycles. The zero-order chi connectivity index (χ0) is 18.1. The molecule has 4 rings (SSSR count). The Labute approximate surface area is 146 Å². The number of aryl methyl sites for hydroxylation is 1. The molecule has 2 aromatic heterocycles. The first kappa shape index (κ1) is 15.8. The third-order valence-electron chi connectivity index (χ3n) is 4.02. The summed E-state index contributed by atoms with van der Waals surface area (Å²) in [6, 6.07) is 12.0. The van der Waals surface area contributed by atoms with Crippen LogP contribution in [-0.2, 0) is 11.3 Å². The van der Waals surface area contributed by atoms with E-state index in [-0.39, 0.29) is 17.8 Å². The summed E-state index contributed by atoms with van der Waals surface area (Å²) in [5, 5.41) is 7.44. The summed E-state index contributed by atoms with van der Waals surface area (Å²) in [5.74, 6) is -0.751. The van der Waals surface area contributed by atoms with Gasteiger partial charge in [-0.25, -0.2) is 4.79 Å². The predicted molar refractivity (Wildman–Crippen MR) is 96.1 cm³/mol. The van der Waals surface area contributed by atoms with E-state index in [9.17, 15) is 14.4 Å². The summed E-state index contributed by atoms with van der Waals surface area (Å²) >= 11 is 0. The van der Waals surface area contributed by atoms with Gasteiger partial charge in [0.05, 0.1) is 23.8 Å². The maximum Gasteiger partial charge on any atom is 0.417 e. The lowest BCUT2D eigenvalue weighted by molar-refractivity contribution is -0.116. The Hall–Kier alpha value is -3.68. The Balaban J connectivity index is 1.49. The maximum atomic E-state index is 12.2. The fourth-order valence-electron chi connectivity index (χ4n) is 2.80. The van der Waals surface area contributed by atoms with Crippen molar-refractivity contribution in [3.05, 3.63) is 69.4 Å². The molecule has 0 aliphatic rings. The standard InChI is InChI=1S/C18H14N4O4/c23-15-10-19-22(14-4-2-1-3-12(14)15)8-7-17(24)20-11-5-6-16-13(9-11)21-18(25)26-16/h1-6,9-10H,7-8H2,(H,20,24)(H,21,25). The normalized spacial score (nSPS) is 11.1. The van der Waals surface area contributed by atoms with E-state index in [2.05, 4.69) is 15.4 Å². The van der Waals surface area contributed by atoms with Crippen LogP contribution in [0.2, 0.25) is 0 Å². The number of anilines is 1. The monoisotopic (exact) mass is 350 g/mol. The van der Waals surface area contributed by atoms with Gasteiger partial charge in [-0.05, 0) is 30.3 Å². The number of nitrogens with one attached hydrogen (secondary N) is 2. The van der Waals surface area contributed by atoms with Crippen molar-refractivity contribution < 1.29 is 9.21 Å².